The third-order valence-corrected chi connectivity index (χ3v) is 10.3. The van der Waals surface area contributed by atoms with Gasteiger partial charge in [0.15, 0.2) is 23.0 Å². The largest absolute Gasteiger partial charge is 0.344 e. The van der Waals surface area contributed by atoms with Gasteiger partial charge in [0.1, 0.15) is 0 Å². The third-order valence-electron chi connectivity index (χ3n) is 9.48. The van der Waals surface area contributed by atoms with Crippen LogP contribution in [0.1, 0.15) is 73.1 Å². The maximum absolute atomic E-state index is 13.1. The highest BCUT2D eigenvalue weighted by Gasteiger charge is 2.75. The number of allylic oxidation sites excluding steroid dienone is 1. The molecule has 1 saturated heterocycles. The highest BCUT2D eigenvalue weighted by Crippen LogP contribution is 2.70. The lowest BCUT2D eigenvalue weighted by molar-refractivity contribution is -0.214. The van der Waals surface area contributed by atoms with Gasteiger partial charge in [0.2, 0.25) is 0 Å². The van der Waals surface area contributed by atoms with Crippen LogP contribution >= 0.6 is 15.9 Å². The van der Waals surface area contributed by atoms with E-state index in [4.69, 9.17) is 9.47 Å². The normalized spacial score (nSPS) is 52.8. The Hall–Kier alpha value is -0.520. The molecule has 3 saturated carbocycles. The van der Waals surface area contributed by atoms with Crippen molar-refractivity contribution in [3.05, 3.63) is 11.6 Å². The van der Waals surface area contributed by atoms with E-state index in [0.717, 1.165) is 38.5 Å². The van der Waals surface area contributed by atoms with E-state index >= 15 is 0 Å². The Morgan fingerprint density at radius 3 is 2.59 bits per heavy atom. The van der Waals surface area contributed by atoms with Gasteiger partial charge in [-0.25, -0.2) is 0 Å². The maximum Gasteiger partial charge on any atom is 0.169 e. The van der Waals surface area contributed by atoms with Crippen molar-refractivity contribution in [2.75, 3.05) is 0 Å². The van der Waals surface area contributed by atoms with Crippen LogP contribution in [-0.4, -0.2) is 33.9 Å². The molecule has 1 aliphatic heterocycles. The Labute approximate surface area is 182 Å². The van der Waals surface area contributed by atoms with E-state index in [-0.39, 0.29) is 33.3 Å². The smallest absolute Gasteiger partial charge is 0.169 e. The van der Waals surface area contributed by atoms with E-state index in [1.54, 1.807) is 6.92 Å². The minimum atomic E-state index is -0.816. The number of fused-ring (bicyclic) bond motifs is 7. The van der Waals surface area contributed by atoms with Crippen molar-refractivity contribution in [3.63, 3.8) is 0 Å². The minimum Gasteiger partial charge on any atom is -0.344 e. The molecule has 0 bridgehead atoms. The van der Waals surface area contributed by atoms with Gasteiger partial charge in [-0.05, 0) is 88.5 Å². The van der Waals surface area contributed by atoms with Gasteiger partial charge in [0.25, 0.3) is 0 Å². The fourth-order valence-electron chi connectivity index (χ4n) is 8.33. The summed E-state index contributed by atoms with van der Waals surface area (Å²) in [4.78, 5) is 25.3. The fraction of sp³-hybridized carbons (Fsp3) is 0.833. The van der Waals surface area contributed by atoms with Crippen LogP contribution < -0.4 is 0 Å². The zero-order chi connectivity index (χ0) is 21.0. The van der Waals surface area contributed by atoms with Gasteiger partial charge >= 0.3 is 0 Å². The first kappa shape index (κ1) is 20.4. The second kappa shape index (κ2) is 6.04. The van der Waals surface area contributed by atoms with Gasteiger partial charge in [0, 0.05) is 5.41 Å². The summed E-state index contributed by atoms with van der Waals surface area (Å²) < 4.78 is 12.8. The van der Waals surface area contributed by atoms with E-state index in [0.29, 0.717) is 17.8 Å². The number of carbonyl (C=O) groups is 2. The summed E-state index contributed by atoms with van der Waals surface area (Å²) in [5, 5.41) is 0. The lowest BCUT2D eigenvalue weighted by atomic mass is 9.46. The number of ketones is 2. The summed E-state index contributed by atoms with van der Waals surface area (Å²) in [7, 11) is 0. The zero-order valence-corrected chi connectivity index (χ0v) is 19.8. The quantitative estimate of drug-likeness (QED) is 0.513. The molecule has 5 rings (SSSR count). The number of rotatable bonds is 1. The number of carbonyl (C=O) groups excluding carboxylic acids is 2. The molecule has 4 aliphatic carbocycles. The Morgan fingerprint density at radius 2 is 1.90 bits per heavy atom. The first-order chi connectivity index (χ1) is 13.4. The molecule has 8 atom stereocenters. The molecule has 0 amide bonds. The summed E-state index contributed by atoms with van der Waals surface area (Å²) in [6.07, 6.45) is 7.77. The molecule has 4 fully saturated rings. The average Bonchev–Trinajstić information content (AvgIpc) is 3.03. The van der Waals surface area contributed by atoms with Crippen molar-refractivity contribution in [2.24, 2.45) is 28.6 Å². The number of halogens is 1. The van der Waals surface area contributed by atoms with Gasteiger partial charge in [-0.15, -0.1) is 0 Å². The van der Waals surface area contributed by atoms with Gasteiger partial charge in [-0.2, -0.15) is 0 Å². The number of hydrogen-bond acceptors (Lipinski definition) is 4. The standard InChI is InChI=1S/C24H33BrO4/c1-13(26)24-20(28-21(2,3)29-24)11-17-15-7-6-14-10-19(27)18(25)12-22(14,4)16(15)8-9-23(17,24)5/h10,15-18,20H,6-9,11-12H2,1-5H3/t15-,16+,17+,18-,20-,22+,23+,24?/m1/s1. The van der Waals surface area contributed by atoms with Crippen molar-refractivity contribution in [3.8, 4) is 0 Å². The second-order valence-corrected chi connectivity index (χ2v) is 12.3. The summed E-state index contributed by atoms with van der Waals surface area (Å²) in [5.41, 5.74) is 0.433. The van der Waals surface area contributed by atoms with Crippen molar-refractivity contribution < 1.29 is 19.1 Å². The van der Waals surface area contributed by atoms with Crippen LogP contribution in [0.2, 0.25) is 0 Å². The molecule has 0 aromatic rings. The topological polar surface area (TPSA) is 52.6 Å². The number of ether oxygens (including phenoxy) is 2. The van der Waals surface area contributed by atoms with Crippen molar-refractivity contribution in [1.29, 1.82) is 0 Å². The van der Waals surface area contributed by atoms with Crippen LogP contribution in [0.4, 0.5) is 0 Å². The van der Waals surface area contributed by atoms with Gasteiger partial charge in [0.05, 0.1) is 10.9 Å². The highest BCUT2D eigenvalue weighted by molar-refractivity contribution is 9.10. The van der Waals surface area contributed by atoms with Crippen LogP contribution in [0.3, 0.4) is 0 Å². The monoisotopic (exact) mass is 464 g/mol. The SMILES string of the molecule is CC(=O)C12OC(C)(C)O[C@@H]1C[C@H]1[C@@H]3CCC4=CC(=O)[C@H](Br)C[C@]4(C)[C@H]3CC[C@@]12C. The molecule has 0 aromatic heterocycles. The molecule has 4 nitrogen and oxygen atoms in total. The first-order valence-electron chi connectivity index (χ1n) is 11.2. The Morgan fingerprint density at radius 1 is 1.17 bits per heavy atom. The summed E-state index contributed by atoms with van der Waals surface area (Å²) in [6, 6.07) is 0. The Kier molecular flexibility index (Phi) is 4.25. The number of Topliss-reactive ketones (excluding diaryl/α,β-unsaturated/α-hetero) is 1. The van der Waals surface area contributed by atoms with Crippen molar-refractivity contribution >= 4 is 27.5 Å². The highest BCUT2D eigenvalue weighted by atomic mass is 79.9. The molecule has 0 N–H and O–H groups in total. The van der Waals surface area contributed by atoms with E-state index in [9.17, 15) is 9.59 Å². The molecule has 0 aromatic carbocycles. The summed E-state index contributed by atoms with van der Waals surface area (Å²) in [5.74, 6) is 1.19. The summed E-state index contributed by atoms with van der Waals surface area (Å²) in [6.45, 7) is 10.3. The van der Waals surface area contributed by atoms with Crippen LogP contribution in [0.15, 0.2) is 11.6 Å². The minimum absolute atomic E-state index is 0.0673. The number of alkyl halides is 1. The summed E-state index contributed by atoms with van der Waals surface area (Å²) >= 11 is 3.64. The predicted molar refractivity (Wildman–Crippen MR) is 114 cm³/mol. The van der Waals surface area contributed by atoms with E-state index in [2.05, 4.69) is 29.8 Å². The molecule has 160 valence electrons. The molecule has 1 heterocycles. The molecule has 1 unspecified atom stereocenters. The zero-order valence-electron chi connectivity index (χ0n) is 18.2. The average molecular weight is 465 g/mol. The van der Waals surface area contributed by atoms with Gasteiger partial charge in [-0.1, -0.05) is 35.4 Å². The maximum atomic E-state index is 13.1. The number of hydrogen-bond donors (Lipinski definition) is 0. The third kappa shape index (κ3) is 2.44. The van der Waals surface area contributed by atoms with Crippen molar-refractivity contribution in [1.82, 2.24) is 0 Å². The molecule has 5 heteroatoms. The van der Waals surface area contributed by atoms with Crippen LogP contribution in [0, 0.1) is 28.6 Å². The molecule has 0 radical (unpaired) electrons. The van der Waals surface area contributed by atoms with E-state index in [1.165, 1.54) is 5.57 Å². The van der Waals surface area contributed by atoms with Crippen molar-refractivity contribution in [2.45, 2.75) is 95.5 Å². The molecule has 0 spiro atoms. The Balaban J connectivity index is 1.54. The second-order valence-electron chi connectivity index (χ2n) is 11.2. The van der Waals surface area contributed by atoms with E-state index in [1.807, 2.05) is 19.9 Å². The Bertz CT molecular complexity index is 818. The molecular weight excluding hydrogens is 432 g/mol. The first-order valence-corrected chi connectivity index (χ1v) is 12.1. The lowest BCUT2D eigenvalue weighted by Crippen LogP contribution is -2.60. The van der Waals surface area contributed by atoms with Gasteiger partial charge in [-0.3, -0.25) is 9.59 Å². The van der Waals surface area contributed by atoms with E-state index < -0.39 is 11.4 Å². The van der Waals surface area contributed by atoms with Crippen LogP contribution in [-0.2, 0) is 19.1 Å². The molecule has 5 aliphatic rings. The van der Waals surface area contributed by atoms with Crippen LogP contribution in [0.5, 0.6) is 0 Å². The fourth-order valence-corrected chi connectivity index (χ4v) is 9.14. The van der Waals surface area contributed by atoms with Gasteiger partial charge < -0.3 is 9.47 Å². The molecule has 29 heavy (non-hydrogen) atoms. The lowest BCUT2D eigenvalue weighted by Gasteiger charge is -2.59. The molecular formula is C24H33BrO4. The van der Waals surface area contributed by atoms with Crippen LogP contribution in [0.25, 0.3) is 0 Å². The predicted octanol–water partition coefficient (Wildman–Crippen LogP) is 4.98.